The molecule has 1 fully saturated rings. The highest BCUT2D eigenvalue weighted by atomic mass is 32.1. The molecular weight excluding hydrogens is 522 g/mol. The normalized spacial score (nSPS) is 18.2. The summed E-state index contributed by atoms with van der Waals surface area (Å²) in [5, 5.41) is 12.0. The number of hydrogen-bond acceptors (Lipinski definition) is 8. The number of aryl methyl sites for hydroxylation is 1. The van der Waals surface area contributed by atoms with E-state index in [1.807, 2.05) is 29.9 Å². The Labute approximate surface area is 238 Å². The highest BCUT2D eigenvalue weighted by molar-refractivity contribution is 7.10. The fourth-order valence-corrected chi connectivity index (χ4v) is 6.36. The summed E-state index contributed by atoms with van der Waals surface area (Å²) in [4.78, 5) is 24.4. The summed E-state index contributed by atoms with van der Waals surface area (Å²) in [6.07, 6.45) is 20.1. The van der Waals surface area contributed by atoms with Crippen LogP contribution in [-0.2, 0) is 17.9 Å². The van der Waals surface area contributed by atoms with Crippen LogP contribution in [0.2, 0.25) is 0 Å². The first kappa shape index (κ1) is 26.5. The molecule has 2 aliphatic rings. The zero-order chi connectivity index (χ0) is 27.5. The van der Waals surface area contributed by atoms with Crippen LogP contribution in [0.1, 0.15) is 63.3 Å². The molecule has 1 aliphatic carbocycles. The van der Waals surface area contributed by atoms with Crippen molar-refractivity contribution in [3.63, 3.8) is 0 Å². The highest BCUT2D eigenvalue weighted by Gasteiger charge is 2.18. The second kappa shape index (κ2) is 11.8. The topological polar surface area (TPSA) is 105 Å². The average molecular weight is 560 g/mol. The maximum absolute atomic E-state index is 12.6. The molecule has 0 bridgehead atoms. The number of carbonyl (C=O) groups is 1. The second-order valence-corrected chi connectivity index (χ2v) is 12.0. The van der Waals surface area contributed by atoms with E-state index in [-0.39, 0.29) is 12.5 Å². The van der Waals surface area contributed by atoms with E-state index in [4.69, 9.17) is 4.98 Å². The molecule has 4 aromatic heterocycles. The maximum atomic E-state index is 12.6. The highest BCUT2D eigenvalue weighted by Crippen LogP contribution is 2.28. The molecule has 0 radical (unpaired) electrons. The maximum Gasteiger partial charge on any atom is 0.241 e. The summed E-state index contributed by atoms with van der Waals surface area (Å²) in [5.74, 6) is 1.37. The third kappa shape index (κ3) is 6.19. The van der Waals surface area contributed by atoms with Crippen LogP contribution >= 0.6 is 11.5 Å². The Balaban J connectivity index is 1.15. The summed E-state index contributed by atoms with van der Waals surface area (Å²) in [6.45, 7) is 6.33. The Morgan fingerprint density at radius 1 is 1.15 bits per heavy atom. The van der Waals surface area contributed by atoms with Gasteiger partial charge in [-0.2, -0.15) is 9.47 Å². The monoisotopic (exact) mass is 559 g/mol. The summed E-state index contributed by atoms with van der Waals surface area (Å²) in [5.41, 5.74) is 4.42. The van der Waals surface area contributed by atoms with Crippen molar-refractivity contribution in [2.24, 2.45) is 5.92 Å². The van der Waals surface area contributed by atoms with Gasteiger partial charge in [-0.05, 0) is 62.3 Å². The van der Waals surface area contributed by atoms with E-state index in [1.54, 1.807) is 10.9 Å². The van der Waals surface area contributed by atoms with Crippen LogP contribution in [0.5, 0.6) is 0 Å². The number of aromatic nitrogens is 6. The lowest BCUT2D eigenvalue weighted by molar-refractivity contribution is -0.122. The summed E-state index contributed by atoms with van der Waals surface area (Å²) < 4.78 is 8.41. The van der Waals surface area contributed by atoms with E-state index in [2.05, 4.69) is 55.3 Å². The van der Waals surface area contributed by atoms with Gasteiger partial charge in [0.1, 0.15) is 11.5 Å². The van der Waals surface area contributed by atoms with Gasteiger partial charge in [-0.3, -0.25) is 13.9 Å². The standard InChI is InChI=1S/C29H37N9OS/c1-20-8-6-7-11-36(15-20)18-24-12-27(40-35-24)34-28-29-30-14-25(38(29)16-21(2)32-28)22-13-31-37(17-22)19-26(39)33-23-9-4-3-5-10-23/h7,11-14,16-17,20,23H,3-6,8-10,15,18-19H2,1-2H3,(H,32,34)(H,33,39). The lowest BCUT2D eigenvalue weighted by atomic mass is 9.95. The van der Waals surface area contributed by atoms with Crippen LogP contribution in [0.4, 0.5) is 10.8 Å². The average Bonchev–Trinajstić information content (AvgIpc) is 3.64. The quantitative estimate of drug-likeness (QED) is 0.302. The minimum absolute atomic E-state index is 0.0107. The number of rotatable bonds is 8. The van der Waals surface area contributed by atoms with E-state index < -0.39 is 0 Å². The number of nitrogens with one attached hydrogen (secondary N) is 2. The van der Waals surface area contributed by atoms with Gasteiger partial charge in [-0.25, -0.2) is 9.97 Å². The molecule has 11 heteroatoms. The number of hydrogen-bond donors (Lipinski definition) is 2. The molecule has 0 saturated heterocycles. The molecule has 2 N–H and O–H groups in total. The van der Waals surface area contributed by atoms with E-state index >= 15 is 0 Å². The van der Waals surface area contributed by atoms with Crippen LogP contribution in [-0.4, -0.2) is 51.9 Å². The van der Waals surface area contributed by atoms with Crippen molar-refractivity contribution in [3.05, 3.63) is 54.5 Å². The molecule has 6 rings (SSSR count). The lowest BCUT2D eigenvalue weighted by Gasteiger charge is -2.22. The van der Waals surface area contributed by atoms with Crippen LogP contribution in [0, 0.1) is 12.8 Å². The van der Waals surface area contributed by atoms with Gasteiger partial charge in [0.05, 0.1) is 36.0 Å². The summed E-state index contributed by atoms with van der Waals surface area (Å²) in [7, 11) is 0. The number of fused-ring (bicyclic) bond motifs is 1. The Morgan fingerprint density at radius 3 is 2.90 bits per heavy atom. The molecule has 1 saturated carbocycles. The molecule has 0 spiro atoms. The molecule has 210 valence electrons. The number of anilines is 2. The summed E-state index contributed by atoms with van der Waals surface area (Å²) in [6, 6.07) is 2.39. The van der Waals surface area contributed by atoms with Crippen molar-refractivity contribution in [2.75, 3.05) is 11.9 Å². The first-order chi connectivity index (χ1) is 19.5. The van der Waals surface area contributed by atoms with Crippen molar-refractivity contribution in [2.45, 2.75) is 77.9 Å². The number of nitrogens with zero attached hydrogens (tertiary/aromatic N) is 7. The molecule has 1 atom stereocenters. The minimum atomic E-state index is 0.0107. The largest absolute Gasteiger partial charge is 0.372 e. The number of carbonyl (C=O) groups excluding carboxylic acids is 1. The number of imidazole rings is 1. The fourth-order valence-electron chi connectivity index (χ4n) is 5.70. The Morgan fingerprint density at radius 2 is 2.02 bits per heavy atom. The first-order valence-corrected chi connectivity index (χ1v) is 15.1. The van der Waals surface area contributed by atoms with Crippen LogP contribution in [0.3, 0.4) is 0 Å². The zero-order valence-corrected chi connectivity index (χ0v) is 24.0. The first-order valence-electron chi connectivity index (χ1n) is 14.3. The van der Waals surface area contributed by atoms with E-state index in [0.717, 1.165) is 65.6 Å². The Kier molecular flexibility index (Phi) is 7.81. The predicted octanol–water partition coefficient (Wildman–Crippen LogP) is 5.30. The van der Waals surface area contributed by atoms with Crippen molar-refractivity contribution in [1.82, 2.24) is 38.7 Å². The summed E-state index contributed by atoms with van der Waals surface area (Å²) >= 11 is 1.44. The molecule has 10 nitrogen and oxygen atoms in total. The SMILES string of the molecule is Cc1cn2c(-c3cnn(CC(=O)NC4CCCCC4)c3)cnc2c(Nc2cc(CN3C=CCCC(C)C3)ns2)n1. The third-order valence-corrected chi connectivity index (χ3v) is 8.41. The molecule has 5 heterocycles. The van der Waals surface area contributed by atoms with E-state index in [1.165, 1.54) is 37.2 Å². The Hall–Kier alpha value is -3.73. The van der Waals surface area contributed by atoms with Gasteiger partial charge in [0.2, 0.25) is 5.91 Å². The molecule has 1 aliphatic heterocycles. The van der Waals surface area contributed by atoms with Gasteiger partial charge < -0.3 is 15.5 Å². The lowest BCUT2D eigenvalue weighted by Crippen LogP contribution is -2.38. The third-order valence-electron chi connectivity index (χ3n) is 7.67. The van der Waals surface area contributed by atoms with E-state index in [9.17, 15) is 4.79 Å². The van der Waals surface area contributed by atoms with Gasteiger partial charge >= 0.3 is 0 Å². The van der Waals surface area contributed by atoms with Gasteiger partial charge in [0.25, 0.3) is 0 Å². The van der Waals surface area contributed by atoms with Gasteiger partial charge in [0, 0.05) is 30.5 Å². The van der Waals surface area contributed by atoms with Crippen molar-refractivity contribution < 1.29 is 4.79 Å². The predicted molar refractivity (Wildman–Crippen MR) is 157 cm³/mol. The molecule has 1 unspecified atom stereocenters. The second-order valence-electron chi connectivity index (χ2n) is 11.2. The van der Waals surface area contributed by atoms with Gasteiger partial charge in [-0.15, -0.1) is 0 Å². The van der Waals surface area contributed by atoms with Crippen molar-refractivity contribution in [1.29, 1.82) is 0 Å². The number of allylic oxidation sites excluding steroid dienone is 1. The van der Waals surface area contributed by atoms with Crippen LogP contribution < -0.4 is 10.6 Å². The molecule has 0 aromatic carbocycles. The molecule has 1 amide bonds. The van der Waals surface area contributed by atoms with Crippen LogP contribution in [0.15, 0.2) is 43.1 Å². The molecule has 40 heavy (non-hydrogen) atoms. The molecular formula is C29H37N9OS. The van der Waals surface area contributed by atoms with Crippen molar-refractivity contribution in [3.8, 4) is 11.3 Å². The van der Waals surface area contributed by atoms with Crippen LogP contribution in [0.25, 0.3) is 16.9 Å². The zero-order valence-electron chi connectivity index (χ0n) is 23.2. The van der Waals surface area contributed by atoms with Crippen molar-refractivity contribution >= 4 is 33.9 Å². The minimum Gasteiger partial charge on any atom is -0.372 e. The molecule has 4 aromatic rings. The number of amides is 1. The smallest absolute Gasteiger partial charge is 0.241 e. The van der Waals surface area contributed by atoms with Gasteiger partial charge in [0.15, 0.2) is 11.5 Å². The van der Waals surface area contributed by atoms with Gasteiger partial charge in [-0.1, -0.05) is 32.3 Å². The Bertz CT molecular complexity index is 1500. The fraction of sp³-hybridized carbons (Fsp3) is 0.483. The van der Waals surface area contributed by atoms with E-state index in [0.29, 0.717) is 17.8 Å².